The lowest BCUT2D eigenvalue weighted by Gasteiger charge is -2.17. The second-order valence-corrected chi connectivity index (χ2v) is 4.75. The number of hydrogen-bond donors (Lipinski definition) is 1. The number of alkyl halides is 1. The van der Waals surface area contributed by atoms with Crippen LogP contribution in [0.2, 0.25) is 0 Å². The Balaban J connectivity index is 2.26. The van der Waals surface area contributed by atoms with Crippen molar-refractivity contribution in [3.05, 3.63) is 60.2 Å². The van der Waals surface area contributed by atoms with Crippen LogP contribution in [0.25, 0.3) is 0 Å². The number of para-hydroxylation sites is 1. The standard InChI is InChI=1S/C16H16ClN3O/c1-20(14-8-3-2-4-9-14)16(21)12-6-5-7-13(10-12)19-15(18)11-17/h2-10H,11H2,1H3,(H2,18,19). The molecule has 21 heavy (non-hydrogen) atoms. The molecule has 0 aliphatic carbocycles. The van der Waals surface area contributed by atoms with E-state index in [2.05, 4.69) is 4.99 Å². The summed E-state index contributed by atoms with van der Waals surface area (Å²) >= 11 is 5.60. The van der Waals surface area contributed by atoms with Crippen LogP contribution in [0, 0.1) is 0 Å². The Morgan fingerprint density at radius 3 is 2.57 bits per heavy atom. The van der Waals surface area contributed by atoms with Gasteiger partial charge in [0.15, 0.2) is 0 Å². The predicted octanol–water partition coefficient (Wildman–Crippen LogP) is 3.19. The molecular formula is C16H16ClN3O. The fraction of sp³-hybridized carbons (Fsp3) is 0.125. The zero-order chi connectivity index (χ0) is 15.2. The van der Waals surface area contributed by atoms with Crippen molar-refractivity contribution in [1.29, 1.82) is 0 Å². The maximum Gasteiger partial charge on any atom is 0.258 e. The summed E-state index contributed by atoms with van der Waals surface area (Å²) in [5, 5.41) is 0. The number of carbonyl (C=O) groups excluding carboxylic acids is 1. The fourth-order valence-electron chi connectivity index (χ4n) is 1.87. The molecule has 0 aromatic heterocycles. The SMILES string of the molecule is CN(C(=O)c1cccc(N=C(N)CCl)c1)c1ccccc1. The van der Waals surface area contributed by atoms with Crippen LogP contribution in [0.15, 0.2) is 59.6 Å². The molecule has 0 bridgehead atoms. The van der Waals surface area contributed by atoms with Crippen LogP contribution in [0.5, 0.6) is 0 Å². The number of amides is 1. The van der Waals surface area contributed by atoms with E-state index in [1.165, 1.54) is 0 Å². The molecule has 0 atom stereocenters. The molecule has 0 aliphatic rings. The summed E-state index contributed by atoms with van der Waals surface area (Å²) in [5.74, 6) is 0.364. The van der Waals surface area contributed by atoms with Gasteiger partial charge in [-0.15, -0.1) is 11.6 Å². The van der Waals surface area contributed by atoms with E-state index in [4.69, 9.17) is 17.3 Å². The van der Waals surface area contributed by atoms with Crippen molar-refractivity contribution in [2.75, 3.05) is 17.8 Å². The van der Waals surface area contributed by atoms with Crippen molar-refractivity contribution in [2.24, 2.45) is 10.7 Å². The maximum absolute atomic E-state index is 12.5. The van der Waals surface area contributed by atoms with Gasteiger partial charge in [-0.05, 0) is 30.3 Å². The molecule has 2 aromatic carbocycles. The summed E-state index contributed by atoms with van der Waals surface area (Å²) < 4.78 is 0. The Bertz CT molecular complexity index is 656. The van der Waals surface area contributed by atoms with Gasteiger partial charge in [-0.3, -0.25) is 4.79 Å². The van der Waals surface area contributed by atoms with Crippen LogP contribution in [-0.4, -0.2) is 24.7 Å². The lowest BCUT2D eigenvalue weighted by atomic mass is 10.1. The van der Waals surface area contributed by atoms with Gasteiger partial charge in [-0.25, -0.2) is 4.99 Å². The molecule has 0 aliphatic heterocycles. The highest BCUT2D eigenvalue weighted by atomic mass is 35.5. The van der Waals surface area contributed by atoms with Gasteiger partial charge in [0, 0.05) is 18.3 Å². The van der Waals surface area contributed by atoms with E-state index in [0.717, 1.165) is 5.69 Å². The normalized spacial score (nSPS) is 11.2. The average Bonchev–Trinajstić information content (AvgIpc) is 2.54. The molecular weight excluding hydrogens is 286 g/mol. The Hall–Kier alpha value is -2.33. The summed E-state index contributed by atoms with van der Waals surface area (Å²) in [6.45, 7) is 0. The summed E-state index contributed by atoms with van der Waals surface area (Å²) in [7, 11) is 1.74. The molecule has 0 radical (unpaired) electrons. The molecule has 2 aromatic rings. The average molecular weight is 302 g/mol. The molecule has 0 heterocycles. The van der Waals surface area contributed by atoms with Crippen molar-refractivity contribution >= 4 is 34.7 Å². The van der Waals surface area contributed by atoms with Crippen LogP contribution in [0.3, 0.4) is 0 Å². The smallest absolute Gasteiger partial charge is 0.258 e. The summed E-state index contributed by atoms with van der Waals surface area (Å²) in [6, 6.07) is 16.4. The molecule has 5 heteroatoms. The zero-order valence-electron chi connectivity index (χ0n) is 11.7. The van der Waals surface area contributed by atoms with E-state index in [-0.39, 0.29) is 11.8 Å². The van der Waals surface area contributed by atoms with Crippen molar-refractivity contribution in [2.45, 2.75) is 0 Å². The van der Waals surface area contributed by atoms with Crippen LogP contribution in [0.4, 0.5) is 11.4 Å². The van der Waals surface area contributed by atoms with Crippen LogP contribution >= 0.6 is 11.6 Å². The van der Waals surface area contributed by atoms with E-state index in [0.29, 0.717) is 17.1 Å². The van der Waals surface area contributed by atoms with E-state index < -0.39 is 0 Å². The van der Waals surface area contributed by atoms with Crippen LogP contribution < -0.4 is 10.6 Å². The van der Waals surface area contributed by atoms with Crippen molar-refractivity contribution in [1.82, 2.24) is 0 Å². The van der Waals surface area contributed by atoms with E-state index in [1.54, 1.807) is 36.2 Å². The van der Waals surface area contributed by atoms with E-state index in [9.17, 15) is 4.79 Å². The monoisotopic (exact) mass is 301 g/mol. The first kappa shape index (κ1) is 15.1. The minimum Gasteiger partial charge on any atom is -0.386 e. The van der Waals surface area contributed by atoms with Gasteiger partial charge in [0.05, 0.1) is 11.6 Å². The van der Waals surface area contributed by atoms with Crippen LogP contribution in [-0.2, 0) is 0 Å². The number of amidine groups is 1. The lowest BCUT2D eigenvalue weighted by Crippen LogP contribution is -2.26. The Labute approximate surface area is 128 Å². The van der Waals surface area contributed by atoms with Gasteiger partial charge >= 0.3 is 0 Å². The largest absolute Gasteiger partial charge is 0.386 e. The molecule has 4 nitrogen and oxygen atoms in total. The van der Waals surface area contributed by atoms with Gasteiger partial charge in [-0.2, -0.15) is 0 Å². The molecule has 0 spiro atoms. The van der Waals surface area contributed by atoms with Crippen LogP contribution in [0.1, 0.15) is 10.4 Å². The number of carbonyl (C=O) groups is 1. The van der Waals surface area contributed by atoms with E-state index in [1.807, 2.05) is 30.3 Å². The minimum atomic E-state index is -0.109. The van der Waals surface area contributed by atoms with Gasteiger partial charge in [-0.1, -0.05) is 24.3 Å². The highest BCUT2D eigenvalue weighted by Gasteiger charge is 2.13. The fourth-order valence-corrected chi connectivity index (χ4v) is 1.93. The first-order chi connectivity index (χ1) is 10.1. The predicted molar refractivity (Wildman–Crippen MR) is 87.6 cm³/mol. The van der Waals surface area contributed by atoms with Gasteiger partial charge in [0.25, 0.3) is 5.91 Å². The molecule has 108 valence electrons. The third-order valence-corrected chi connectivity index (χ3v) is 3.22. The molecule has 0 unspecified atom stereocenters. The van der Waals surface area contributed by atoms with Gasteiger partial charge in [0.1, 0.15) is 5.84 Å². The Kier molecular flexibility index (Phi) is 4.95. The molecule has 0 fully saturated rings. The lowest BCUT2D eigenvalue weighted by molar-refractivity contribution is 0.0993. The third-order valence-electron chi connectivity index (χ3n) is 2.95. The first-order valence-electron chi connectivity index (χ1n) is 6.44. The summed E-state index contributed by atoms with van der Waals surface area (Å²) in [5.41, 5.74) is 7.59. The topological polar surface area (TPSA) is 58.7 Å². The highest BCUT2D eigenvalue weighted by Crippen LogP contribution is 2.18. The number of aliphatic imine (C=N–C) groups is 1. The summed E-state index contributed by atoms with van der Waals surface area (Å²) in [6.07, 6.45) is 0. The quantitative estimate of drug-likeness (QED) is 0.535. The minimum absolute atomic E-state index is 0.109. The molecule has 2 rings (SSSR count). The van der Waals surface area contributed by atoms with Crippen molar-refractivity contribution in [3.63, 3.8) is 0 Å². The maximum atomic E-state index is 12.5. The Morgan fingerprint density at radius 2 is 1.90 bits per heavy atom. The highest BCUT2D eigenvalue weighted by molar-refractivity contribution is 6.28. The number of halogens is 1. The molecule has 0 saturated heterocycles. The van der Waals surface area contributed by atoms with E-state index >= 15 is 0 Å². The van der Waals surface area contributed by atoms with Crippen molar-refractivity contribution in [3.8, 4) is 0 Å². The first-order valence-corrected chi connectivity index (χ1v) is 6.97. The van der Waals surface area contributed by atoms with Gasteiger partial charge < -0.3 is 10.6 Å². The number of hydrogen-bond acceptors (Lipinski definition) is 2. The molecule has 0 saturated carbocycles. The zero-order valence-corrected chi connectivity index (χ0v) is 12.4. The second-order valence-electron chi connectivity index (χ2n) is 4.49. The van der Waals surface area contributed by atoms with Crippen molar-refractivity contribution < 1.29 is 4.79 Å². The summed E-state index contributed by atoms with van der Waals surface area (Å²) in [4.78, 5) is 18.2. The molecule has 2 N–H and O–H groups in total. The number of nitrogens with zero attached hydrogens (tertiary/aromatic N) is 2. The number of anilines is 1. The third kappa shape index (κ3) is 3.83. The molecule has 1 amide bonds. The number of rotatable bonds is 4. The Morgan fingerprint density at radius 1 is 1.19 bits per heavy atom. The number of nitrogens with two attached hydrogens (primary N) is 1. The number of benzene rings is 2. The second kappa shape index (κ2) is 6.90. The van der Waals surface area contributed by atoms with Gasteiger partial charge in [0.2, 0.25) is 0 Å².